The molecule has 0 amide bonds. The normalized spacial score (nSPS) is 19.0. The zero-order valence-corrected chi connectivity index (χ0v) is 17.7. The van der Waals surface area contributed by atoms with Crippen LogP contribution < -0.4 is 9.47 Å². The minimum atomic E-state index is -0.380. The quantitative estimate of drug-likeness (QED) is 0.472. The molecule has 0 bridgehead atoms. The minimum Gasteiger partial charge on any atom is -0.494 e. The van der Waals surface area contributed by atoms with Crippen LogP contribution in [-0.4, -0.2) is 17.6 Å². The maximum Gasteiger partial charge on any atom is 0.343 e. The summed E-state index contributed by atoms with van der Waals surface area (Å²) >= 11 is 0. The Balaban J connectivity index is 1.45. The molecule has 0 saturated heterocycles. The first kappa shape index (κ1) is 21.4. The lowest BCUT2D eigenvalue weighted by Gasteiger charge is -2.27. The fourth-order valence-corrected chi connectivity index (χ4v) is 3.97. The van der Waals surface area contributed by atoms with Crippen molar-refractivity contribution in [3.8, 4) is 11.5 Å². The smallest absolute Gasteiger partial charge is 0.343 e. The molecular weight excluding hydrogens is 362 g/mol. The molecule has 1 aliphatic carbocycles. The second kappa shape index (κ2) is 11.0. The lowest BCUT2D eigenvalue weighted by atomic mass is 9.79. The number of aryl methyl sites for hydroxylation is 1. The van der Waals surface area contributed by atoms with Gasteiger partial charge in [0.05, 0.1) is 18.4 Å². The lowest BCUT2D eigenvalue weighted by molar-refractivity contribution is 0.0734. The summed E-state index contributed by atoms with van der Waals surface area (Å²) in [7, 11) is 0. The van der Waals surface area contributed by atoms with Gasteiger partial charge in [0.2, 0.25) is 0 Å². The standard InChI is InChI=1S/C25H33NO3/c1-3-17-28-23-14-10-21(11-15-23)25(27)29-24-16-13-22(26-18-24)12-9-20-7-5-19(4-2)6-8-20/h10-11,13-16,18-20H,3-9,12,17H2,1-2H3. The van der Waals surface area contributed by atoms with E-state index in [1.54, 1.807) is 30.5 Å². The van der Waals surface area contributed by atoms with Crippen LogP contribution in [0.25, 0.3) is 0 Å². The summed E-state index contributed by atoms with van der Waals surface area (Å²) in [5, 5.41) is 0. The van der Waals surface area contributed by atoms with E-state index in [4.69, 9.17) is 9.47 Å². The Morgan fingerprint density at radius 3 is 2.28 bits per heavy atom. The SMILES string of the molecule is CCCOc1ccc(C(=O)Oc2ccc(CCC3CCC(CC)CC3)nc2)cc1. The minimum absolute atomic E-state index is 0.380. The van der Waals surface area contributed by atoms with E-state index in [0.29, 0.717) is 17.9 Å². The van der Waals surface area contributed by atoms with Crippen molar-refractivity contribution in [1.82, 2.24) is 4.98 Å². The molecule has 0 unspecified atom stereocenters. The summed E-state index contributed by atoms with van der Waals surface area (Å²) < 4.78 is 11.0. The van der Waals surface area contributed by atoms with E-state index < -0.39 is 0 Å². The number of hydrogen-bond acceptors (Lipinski definition) is 4. The molecule has 4 nitrogen and oxygen atoms in total. The predicted molar refractivity (Wildman–Crippen MR) is 115 cm³/mol. The van der Waals surface area contributed by atoms with Gasteiger partial charge in [0, 0.05) is 5.69 Å². The van der Waals surface area contributed by atoms with Gasteiger partial charge >= 0.3 is 5.97 Å². The average molecular weight is 396 g/mol. The van der Waals surface area contributed by atoms with E-state index in [0.717, 1.165) is 36.1 Å². The van der Waals surface area contributed by atoms with Gasteiger partial charge in [-0.3, -0.25) is 4.98 Å². The van der Waals surface area contributed by atoms with E-state index >= 15 is 0 Å². The molecule has 0 atom stereocenters. The number of pyridine rings is 1. The van der Waals surface area contributed by atoms with Crippen molar-refractivity contribution in [2.45, 2.75) is 65.2 Å². The van der Waals surface area contributed by atoms with E-state index in [2.05, 4.69) is 18.8 Å². The molecule has 3 rings (SSSR count). The Hall–Kier alpha value is -2.36. The average Bonchev–Trinajstić information content (AvgIpc) is 2.78. The Morgan fingerprint density at radius 1 is 0.966 bits per heavy atom. The van der Waals surface area contributed by atoms with Crippen molar-refractivity contribution in [2.24, 2.45) is 11.8 Å². The van der Waals surface area contributed by atoms with Crippen LogP contribution in [-0.2, 0) is 6.42 Å². The molecule has 2 aromatic rings. The monoisotopic (exact) mass is 395 g/mol. The molecule has 4 heteroatoms. The second-order valence-corrected chi connectivity index (χ2v) is 8.08. The van der Waals surface area contributed by atoms with Gasteiger partial charge in [0.1, 0.15) is 11.5 Å². The third-order valence-electron chi connectivity index (χ3n) is 5.92. The van der Waals surface area contributed by atoms with Gasteiger partial charge in [-0.25, -0.2) is 4.79 Å². The molecule has 1 heterocycles. The zero-order valence-electron chi connectivity index (χ0n) is 17.7. The number of aromatic nitrogens is 1. The highest BCUT2D eigenvalue weighted by atomic mass is 16.5. The second-order valence-electron chi connectivity index (χ2n) is 8.08. The van der Waals surface area contributed by atoms with Gasteiger partial charge in [-0.2, -0.15) is 0 Å². The molecular formula is C25H33NO3. The Bertz CT molecular complexity index is 747. The summed E-state index contributed by atoms with van der Waals surface area (Å²) in [5.74, 6) is 2.64. The van der Waals surface area contributed by atoms with Gasteiger partial charge in [0.25, 0.3) is 0 Å². The summed E-state index contributed by atoms with van der Waals surface area (Å²) in [6.07, 6.45) is 11.6. The van der Waals surface area contributed by atoms with E-state index in [1.165, 1.54) is 38.5 Å². The maximum absolute atomic E-state index is 12.3. The highest BCUT2D eigenvalue weighted by Gasteiger charge is 2.19. The van der Waals surface area contributed by atoms with E-state index in [-0.39, 0.29) is 5.97 Å². The molecule has 1 fully saturated rings. The topological polar surface area (TPSA) is 48.4 Å². The van der Waals surface area contributed by atoms with E-state index in [9.17, 15) is 4.79 Å². The van der Waals surface area contributed by atoms with Crippen LogP contribution in [0, 0.1) is 11.8 Å². The summed E-state index contributed by atoms with van der Waals surface area (Å²) in [6, 6.07) is 10.9. The zero-order chi connectivity index (χ0) is 20.5. The molecule has 0 N–H and O–H groups in total. The van der Waals surface area contributed by atoms with Crippen molar-refractivity contribution in [2.75, 3.05) is 6.61 Å². The van der Waals surface area contributed by atoms with E-state index in [1.807, 2.05) is 12.1 Å². The fraction of sp³-hybridized carbons (Fsp3) is 0.520. The molecule has 1 aromatic carbocycles. The first-order valence-electron chi connectivity index (χ1n) is 11.1. The number of benzene rings is 1. The van der Waals surface area contributed by atoms with Gasteiger partial charge in [-0.05, 0) is 67.5 Å². The van der Waals surface area contributed by atoms with Crippen LogP contribution in [0.15, 0.2) is 42.6 Å². The number of hydrogen-bond donors (Lipinski definition) is 0. The maximum atomic E-state index is 12.3. The van der Waals surface area contributed by atoms with Gasteiger partial charge in [-0.1, -0.05) is 46.0 Å². The van der Waals surface area contributed by atoms with Crippen molar-refractivity contribution in [3.63, 3.8) is 0 Å². The first-order valence-corrected chi connectivity index (χ1v) is 11.1. The number of esters is 1. The van der Waals surface area contributed by atoms with Crippen LogP contribution in [0.4, 0.5) is 0 Å². The Morgan fingerprint density at radius 2 is 1.66 bits per heavy atom. The molecule has 1 aromatic heterocycles. The molecule has 1 aliphatic rings. The van der Waals surface area contributed by atoms with Crippen LogP contribution in [0.1, 0.15) is 74.8 Å². The van der Waals surface area contributed by atoms with Crippen molar-refractivity contribution in [3.05, 3.63) is 53.9 Å². The van der Waals surface area contributed by atoms with Gasteiger partial charge < -0.3 is 9.47 Å². The third-order valence-corrected chi connectivity index (χ3v) is 5.92. The van der Waals surface area contributed by atoms with Gasteiger partial charge in [0.15, 0.2) is 0 Å². The fourth-order valence-electron chi connectivity index (χ4n) is 3.97. The lowest BCUT2D eigenvalue weighted by Crippen LogP contribution is -2.14. The Labute approximate surface area is 174 Å². The van der Waals surface area contributed by atoms with Crippen molar-refractivity contribution < 1.29 is 14.3 Å². The number of nitrogens with zero attached hydrogens (tertiary/aromatic N) is 1. The molecule has 29 heavy (non-hydrogen) atoms. The van der Waals surface area contributed by atoms with Crippen molar-refractivity contribution >= 4 is 5.97 Å². The predicted octanol–water partition coefficient (Wildman–Crippen LogP) is 6.24. The molecule has 0 aliphatic heterocycles. The summed E-state index contributed by atoms with van der Waals surface area (Å²) in [5.41, 5.74) is 1.57. The van der Waals surface area contributed by atoms with Crippen LogP contribution in [0.3, 0.4) is 0 Å². The third kappa shape index (κ3) is 6.59. The Kier molecular flexibility index (Phi) is 8.09. The molecule has 0 spiro atoms. The first-order chi connectivity index (χ1) is 14.2. The summed E-state index contributed by atoms with van der Waals surface area (Å²) in [4.78, 5) is 16.8. The molecule has 156 valence electrons. The van der Waals surface area contributed by atoms with Crippen molar-refractivity contribution in [1.29, 1.82) is 0 Å². The molecule has 0 radical (unpaired) electrons. The van der Waals surface area contributed by atoms with Gasteiger partial charge in [-0.15, -0.1) is 0 Å². The largest absolute Gasteiger partial charge is 0.494 e. The van der Waals surface area contributed by atoms with Crippen LogP contribution >= 0.6 is 0 Å². The number of carbonyl (C=O) groups is 1. The molecule has 1 saturated carbocycles. The number of ether oxygens (including phenoxy) is 2. The van der Waals surface area contributed by atoms with Crippen LogP contribution in [0.2, 0.25) is 0 Å². The highest BCUT2D eigenvalue weighted by molar-refractivity contribution is 5.91. The highest BCUT2D eigenvalue weighted by Crippen LogP contribution is 2.33. The number of carbonyl (C=O) groups excluding carboxylic acids is 1. The van der Waals surface area contributed by atoms with Crippen LogP contribution in [0.5, 0.6) is 11.5 Å². The summed E-state index contributed by atoms with van der Waals surface area (Å²) in [6.45, 7) is 5.03. The number of rotatable bonds is 9.